The summed E-state index contributed by atoms with van der Waals surface area (Å²) in [6.45, 7) is 0.911. The van der Waals surface area contributed by atoms with Gasteiger partial charge < -0.3 is 0 Å². The van der Waals surface area contributed by atoms with Crippen LogP contribution in [0.4, 0.5) is 0 Å². The highest BCUT2D eigenvalue weighted by Crippen LogP contribution is 2.35. The average molecular weight is 265 g/mol. The highest BCUT2D eigenvalue weighted by atomic mass is 32.1. The molecule has 4 aromatic heterocycles. The topological polar surface area (TPSA) is 34.1 Å². The number of nitrogens with zero attached hydrogens (tertiary/aromatic N) is 4. The third kappa shape index (κ3) is 1.11. The third-order valence-electron chi connectivity index (χ3n) is 3.69. The summed E-state index contributed by atoms with van der Waals surface area (Å²) in [5.41, 5.74) is 5.09. The fraction of sp³-hybridized carbons (Fsp3) is 0.0714. The maximum atomic E-state index is 4.23. The van der Waals surface area contributed by atoms with Gasteiger partial charge in [-0.25, -0.2) is 4.57 Å². The van der Waals surface area contributed by atoms with Crippen LogP contribution in [0.3, 0.4) is 0 Å². The van der Waals surface area contributed by atoms with E-state index in [4.69, 9.17) is 0 Å². The van der Waals surface area contributed by atoms with Crippen molar-refractivity contribution in [3.63, 3.8) is 0 Å². The van der Waals surface area contributed by atoms with Gasteiger partial charge in [0.25, 0.3) is 6.33 Å². The van der Waals surface area contributed by atoms with Crippen LogP contribution in [0.2, 0.25) is 0 Å². The Morgan fingerprint density at radius 1 is 1.16 bits per heavy atom. The fourth-order valence-corrected chi connectivity index (χ4v) is 4.02. The van der Waals surface area contributed by atoms with Gasteiger partial charge in [0.2, 0.25) is 4.83 Å². The fourth-order valence-electron chi connectivity index (χ4n) is 2.86. The number of thiazole rings is 1. The Hall–Kier alpha value is -2.27. The van der Waals surface area contributed by atoms with Crippen molar-refractivity contribution >= 4 is 26.4 Å². The Morgan fingerprint density at radius 3 is 3.05 bits per heavy atom. The zero-order valence-corrected chi connectivity index (χ0v) is 10.8. The number of pyridine rings is 2. The van der Waals surface area contributed by atoms with Crippen molar-refractivity contribution in [2.24, 2.45) is 0 Å². The van der Waals surface area contributed by atoms with Crippen molar-refractivity contribution in [3.05, 3.63) is 48.8 Å². The molecule has 0 aromatic carbocycles. The largest absolute Gasteiger partial charge is 0.264 e. The molecule has 4 aromatic rings. The molecule has 0 aliphatic carbocycles. The number of fused-ring (bicyclic) bond motifs is 7. The second kappa shape index (κ2) is 3.19. The standard InChI is InChI=1S/C14H9N4S/c1-3-15-5-9-7-17-8-18-11-6-16-4-2-12(11)19-14(18)13(17)10(1)9/h1-6,8H,7H2/q+1. The molecule has 0 atom stereocenters. The predicted octanol–water partition coefficient (Wildman–Crippen LogP) is 2.26. The summed E-state index contributed by atoms with van der Waals surface area (Å²) in [7, 11) is 0. The van der Waals surface area contributed by atoms with Crippen LogP contribution in [-0.4, -0.2) is 14.4 Å². The van der Waals surface area contributed by atoms with E-state index in [1.54, 1.807) is 0 Å². The van der Waals surface area contributed by atoms with E-state index in [9.17, 15) is 0 Å². The first kappa shape index (κ1) is 9.63. The van der Waals surface area contributed by atoms with Crippen LogP contribution in [0, 0.1) is 0 Å². The van der Waals surface area contributed by atoms with E-state index in [1.807, 2.05) is 36.1 Å². The zero-order valence-electron chi connectivity index (χ0n) is 9.95. The molecule has 0 spiro atoms. The lowest BCUT2D eigenvalue weighted by atomic mass is 10.1. The van der Waals surface area contributed by atoms with Crippen molar-refractivity contribution < 1.29 is 4.57 Å². The van der Waals surface area contributed by atoms with E-state index < -0.39 is 0 Å². The number of imidazole rings is 1. The molecular weight excluding hydrogens is 256 g/mol. The van der Waals surface area contributed by atoms with Crippen LogP contribution in [0.25, 0.3) is 26.3 Å². The minimum Gasteiger partial charge on any atom is -0.264 e. The van der Waals surface area contributed by atoms with Crippen LogP contribution in [0.5, 0.6) is 0 Å². The van der Waals surface area contributed by atoms with Crippen molar-refractivity contribution in [2.75, 3.05) is 0 Å². The molecule has 0 saturated carbocycles. The summed E-state index contributed by atoms with van der Waals surface area (Å²) in [6.07, 6.45) is 9.79. The third-order valence-corrected chi connectivity index (χ3v) is 4.84. The maximum absolute atomic E-state index is 4.23. The second-order valence-corrected chi connectivity index (χ2v) is 5.78. The van der Waals surface area contributed by atoms with E-state index in [2.05, 4.69) is 37.4 Å². The molecule has 1 aliphatic rings. The number of hydrogen-bond donors (Lipinski definition) is 0. The molecule has 90 valence electrons. The maximum Gasteiger partial charge on any atom is 0.251 e. The van der Waals surface area contributed by atoms with Gasteiger partial charge in [-0.2, -0.15) is 4.40 Å². The molecule has 0 amide bonds. The lowest BCUT2D eigenvalue weighted by molar-refractivity contribution is -0.671. The quantitative estimate of drug-likeness (QED) is 0.402. The second-order valence-electron chi connectivity index (χ2n) is 4.75. The Kier molecular flexibility index (Phi) is 1.62. The normalized spacial score (nSPS) is 13.1. The highest BCUT2D eigenvalue weighted by Gasteiger charge is 2.30. The molecule has 5 rings (SSSR count). The van der Waals surface area contributed by atoms with E-state index in [0.717, 1.165) is 6.54 Å². The van der Waals surface area contributed by atoms with Crippen molar-refractivity contribution in [1.82, 2.24) is 14.4 Å². The van der Waals surface area contributed by atoms with Gasteiger partial charge in [-0.1, -0.05) is 11.3 Å². The van der Waals surface area contributed by atoms with Gasteiger partial charge in [0.15, 0.2) is 11.2 Å². The van der Waals surface area contributed by atoms with E-state index in [0.29, 0.717) is 0 Å². The van der Waals surface area contributed by atoms with Crippen molar-refractivity contribution in [2.45, 2.75) is 6.54 Å². The van der Waals surface area contributed by atoms with Gasteiger partial charge in [-0.05, 0) is 12.1 Å². The molecule has 0 unspecified atom stereocenters. The van der Waals surface area contributed by atoms with Crippen LogP contribution in [-0.2, 0) is 6.54 Å². The van der Waals surface area contributed by atoms with E-state index >= 15 is 0 Å². The van der Waals surface area contributed by atoms with Gasteiger partial charge in [0, 0.05) is 29.7 Å². The minimum atomic E-state index is 0.911. The molecule has 5 heteroatoms. The van der Waals surface area contributed by atoms with Crippen LogP contribution >= 0.6 is 11.3 Å². The summed E-state index contributed by atoms with van der Waals surface area (Å²) in [4.78, 5) is 9.73. The smallest absolute Gasteiger partial charge is 0.251 e. The Labute approximate surface area is 112 Å². The summed E-state index contributed by atoms with van der Waals surface area (Å²) in [5, 5.41) is 0. The average Bonchev–Trinajstić information content (AvgIpc) is 3.05. The predicted molar refractivity (Wildman–Crippen MR) is 73.1 cm³/mol. The number of aromatic nitrogens is 4. The molecule has 0 saturated heterocycles. The Bertz CT molecular complexity index is 951. The molecule has 0 radical (unpaired) electrons. The zero-order chi connectivity index (χ0) is 12.4. The monoisotopic (exact) mass is 265 g/mol. The molecule has 4 nitrogen and oxygen atoms in total. The Balaban J connectivity index is 1.97. The van der Waals surface area contributed by atoms with Crippen molar-refractivity contribution in [3.8, 4) is 11.3 Å². The number of rotatable bonds is 0. The molecular formula is C14H9N4S+. The lowest BCUT2D eigenvalue weighted by Gasteiger charge is -1.91. The van der Waals surface area contributed by atoms with E-state index in [1.165, 1.54) is 31.9 Å². The van der Waals surface area contributed by atoms with Crippen LogP contribution in [0.1, 0.15) is 5.56 Å². The van der Waals surface area contributed by atoms with Gasteiger partial charge in [-0.15, -0.1) is 0 Å². The molecule has 19 heavy (non-hydrogen) atoms. The SMILES string of the molecule is c1cc2c(cn1)C[n+]1cn3c(sc4ccncc43)c1-2. The van der Waals surface area contributed by atoms with E-state index in [-0.39, 0.29) is 0 Å². The summed E-state index contributed by atoms with van der Waals surface area (Å²) >= 11 is 1.82. The van der Waals surface area contributed by atoms with Crippen molar-refractivity contribution in [1.29, 1.82) is 0 Å². The minimum absolute atomic E-state index is 0.911. The van der Waals surface area contributed by atoms with Gasteiger partial charge in [0.05, 0.1) is 10.9 Å². The Morgan fingerprint density at radius 2 is 2.05 bits per heavy atom. The molecule has 0 bridgehead atoms. The van der Waals surface area contributed by atoms with Gasteiger partial charge >= 0.3 is 0 Å². The summed E-state index contributed by atoms with van der Waals surface area (Å²) in [6, 6.07) is 4.18. The first-order valence-electron chi connectivity index (χ1n) is 6.12. The first-order valence-corrected chi connectivity index (χ1v) is 6.94. The molecule has 0 N–H and O–H groups in total. The van der Waals surface area contributed by atoms with Gasteiger partial charge in [-0.3, -0.25) is 9.97 Å². The van der Waals surface area contributed by atoms with Gasteiger partial charge in [0.1, 0.15) is 6.54 Å². The lowest BCUT2D eigenvalue weighted by Crippen LogP contribution is -2.29. The molecule has 1 aliphatic heterocycles. The highest BCUT2D eigenvalue weighted by molar-refractivity contribution is 7.24. The molecule has 0 fully saturated rings. The number of hydrogen-bond acceptors (Lipinski definition) is 3. The molecule has 5 heterocycles. The first-order chi connectivity index (χ1) is 9.42. The summed E-state index contributed by atoms with van der Waals surface area (Å²) in [5.74, 6) is 0. The van der Waals surface area contributed by atoms with Crippen LogP contribution < -0.4 is 4.57 Å². The summed E-state index contributed by atoms with van der Waals surface area (Å²) < 4.78 is 5.81. The van der Waals surface area contributed by atoms with Crippen LogP contribution in [0.15, 0.2) is 43.2 Å².